The van der Waals surface area contributed by atoms with E-state index in [1.807, 2.05) is 6.92 Å². The lowest BCUT2D eigenvalue weighted by Crippen LogP contribution is -2.46. The van der Waals surface area contributed by atoms with Gasteiger partial charge in [-0.1, -0.05) is 29.3 Å². The van der Waals surface area contributed by atoms with Crippen molar-refractivity contribution in [1.82, 2.24) is 9.42 Å². The summed E-state index contributed by atoms with van der Waals surface area (Å²) in [6, 6.07) is 3.25. The van der Waals surface area contributed by atoms with Crippen LogP contribution in [0, 0.1) is 0 Å². The molecule has 0 spiro atoms. The van der Waals surface area contributed by atoms with Gasteiger partial charge in [-0.3, -0.25) is 0 Å². The van der Waals surface area contributed by atoms with E-state index in [2.05, 4.69) is 0 Å². The van der Waals surface area contributed by atoms with E-state index in [1.165, 1.54) is 11.5 Å². The molecule has 1 aliphatic rings. The van der Waals surface area contributed by atoms with Gasteiger partial charge in [-0.25, -0.2) is 13.4 Å². The van der Waals surface area contributed by atoms with E-state index in [0.717, 1.165) is 0 Å². The van der Waals surface area contributed by atoms with Gasteiger partial charge in [-0.15, -0.1) is 4.41 Å². The summed E-state index contributed by atoms with van der Waals surface area (Å²) in [6.07, 6.45) is 0. The Morgan fingerprint density at radius 1 is 1.24 bits per heavy atom. The lowest BCUT2D eigenvalue weighted by Gasteiger charge is -2.38. The molecule has 0 saturated carbocycles. The van der Waals surface area contributed by atoms with Crippen LogP contribution in [-0.4, -0.2) is 31.9 Å². The van der Waals surface area contributed by atoms with Gasteiger partial charge in [0.15, 0.2) is 0 Å². The number of fused-ring (bicyclic) bond motifs is 1. The topological polar surface area (TPSA) is 40.6 Å². The maximum absolute atomic E-state index is 12.3. The average molecular weight is 295 g/mol. The van der Waals surface area contributed by atoms with Gasteiger partial charge >= 0.3 is 0 Å². The SMILES string of the molecule is CC1c2ccc(Cl)c(Cl)c2S(=O)(=O)N(C)N1C. The van der Waals surface area contributed by atoms with Crippen LogP contribution in [0.25, 0.3) is 0 Å². The Bertz CT molecular complexity index is 574. The molecule has 0 aromatic heterocycles. The van der Waals surface area contributed by atoms with E-state index in [9.17, 15) is 8.42 Å². The van der Waals surface area contributed by atoms with Crippen molar-refractivity contribution in [1.29, 1.82) is 0 Å². The molecule has 1 heterocycles. The number of hydrogen-bond acceptors (Lipinski definition) is 3. The Morgan fingerprint density at radius 3 is 2.41 bits per heavy atom. The minimum absolute atomic E-state index is 0.0757. The largest absolute Gasteiger partial charge is 0.257 e. The summed E-state index contributed by atoms with van der Waals surface area (Å²) in [7, 11) is -0.405. The Kier molecular flexibility index (Phi) is 3.16. The molecular formula is C10H12Cl2N2O2S. The number of nitrogens with zero attached hydrogens (tertiary/aromatic N) is 2. The van der Waals surface area contributed by atoms with Crippen molar-refractivity contribution in [2.45, 2.75) is 17.9 Å². The van der Waals surface area contributed by atoms with E-state index >= 15 is 0 Å². The first-order valence-electron chi connectivity index (χ1n) is 4.98. The zero-order chi connectivity index (χ0) is 13.0. The quantitative estimate of drug-likeness (QED) is 0.738. The zero-order valence-corrected chi connectivity index (χ0v) is 11.9. The van der Waals surface area contributed by atoms with Crippen LogP contribution in [0.5, 0.6) is 0 Å². The molecule has 94 valence electrons. The molecule has 0 saturated heterocycles. The standard InChI is InChI=1S/C10H12Cl2N2O2S/c1-6-7-4-5-8(11)9(12)10(7)17(15,16)14(3)13(6)2/h4-6H,1-3H3. The Morgan fingerprint density at radius 2 is 1.82 bits per heavy atom. The fourth-order valence-corrected chi connectivity index (χ4v) is 4.18. The monoisotopic (exact) mass is 294 g/mol. The fourth-order valence-electron chi connectivity index (χ4n) is 1.88. The van der Waals surface area contributed by atoms with Gasteiger partial charge in [0.1, 0.15) is 4.90 Å². The Hall–Kier alpha value is -0.330. The summed E-state index contributed by atoms with van der Waals surface area (Å²) in [6.45, 7) is 1.91. The van der Waals surface area contributed by atoms with Crippen molar-refractivity contribution in [2.75, 3.05) is 14.1 Å². The maximum atomic E-state index is 12.3. The van der Waals surface area contributed by atoms with Crippen LogP contribution < -0.4 is 0 Å². The Balaban J connectivity index is 2.84. The van der Waals surface area contributed by atoms with Crippen molar-refractivity contribution < 1.29 is 8.42 Å². The maximum Gasteiger partial charge on any atom is 0.257 e. The molecule has 17 heavy (non-hydrogen) atoms. The van der Waals surface area contributed by atoms with Crippen LogP contribution >= 0.6 is 23.2 Å². The summed E-state index contributed by atoms with van der Waals surface area (Å²) < 4.78 is 25.7. The molecule has 0 N–H and O–H groups in total. The number of benzene rings is 1. The third-order valence-corrected chi connectivity index (χ3v) is 5.97. The molecule has 0 bridgehead atoms. The van der Waals surface area contributed by atoms with E-state index < -0.39 is 10.0 Å². The highest BCUT2D eigenvalue weighted by Gasteiger charge is 2.38. The van der Waals surface area contributed by atoms with Crippen molar-refractivity contribution in [2.24, 2.45) is 0 Å². The fraction of sp³-hybridized carbons (Fsp3) is 0.400. The van der Waals surface area contributed by atoms with Gasteiger partial charge in [0.25, 0.3) is 10.0 Å². The second kappa shape index (κ2) is 4.10. The van der Waals surface area contributed by atoms with Gasteiger partial charge < -0.3 is 0 Å². The molecule has 1 aromatic carbocycles. The first-order valence-corrected chi connectivity index (χ1v) is 7.17. The van der Waals surface area contributed by atoms with Crippen LogP contribution in [0.3, 0.4) is 0 Å². The second-order valence-corrected chi connectivity index (χ2v) is 6.64. The molecule has 0 amide bonds. The number of halogens is 2. The van der Waals surface area contributed by atoms with E-state index in [0.29, 0.717) is 5.56 Å². The first-order chi connectivity index (χ1) is 7.78. The van der Waals surface area contributed by atoms with E-state index in [4.69, 9.17) is 23.2 Å². The van der Waals surface area contributed by atoms with Gasteiger partial charge in [0, 0.05) is 20.1 Å². The van der Waals surface area contributed by atoms with E-state index in [-0.39, 0.29) is 21.0 Å². The van der Waals surface area contributed by atoms with Crippen molar-refractivity contribution >= 4 is 33.2 Å². The second-order valence-electron chi connectivity index (χ2n) is 3.97. The number of hydrogen-bond donors (Lipinski definition) is 0. The van der Waals surface area contributed by atoms with E-state index in [1.54, 1.807) is 24.2 Å². The van der Waals surface area contributed by atoms with Gasteiger partial charge in [-0.05, 0) is 18.6 Å². The molecule has 2 rings (SSSR count). The summed E-state index contributed by atoms with van der Waals surface area (Å²) >= 11 is 11.9. The average Bonchev–Trinajstić information content (AvgIpc) is 2.27. The molecule has 1 aromatic rings. The summed E-state index contributed by atoms with van der Waals surface area (Å²) in [5.74, 6) is 0. The highest BCUT2D eigenvalue weighted by molar-refractivity contribution is 7.89. The molecule has 1 unspecified atom stereocenters. The predicted molar refractivity (Wildman–Crippen MR) is 67.6 cm³/mol. The Labute approximate surface area is 111 Å². The third-order valence-electron chi connectivity index (χ3n) is 3.14. The molecule has 0 fully saturated rings. The summed E-state index contributed by atoms with van der Waals surface area (Å²) in [5.41, 5.74) is 0.667. The highest BCUT2D eigenvalue weighted by atomic mass is 35.5. The van der Waals surface area contributed by atoms with Crippen LogP contribution in [0.15, 0.2) is 17.0 Å². The molecule has 1 aliphatic heterocycles. The van der Waals surface area contributed by atoms with Crippen molar-refractivity contribution in [3.05, 3.63) is 27.7 Å². The summed E-state index contributed by atoms with van der Waals surface area (Å²) in [4.78, 5) is 0.111. The van der Waals surface area contributed by atoms with Crippen molar-refractivity contribution in [3.8, 4) is 0 Å². The van der Waals surface area contributed by atoms with Gasteiger partial charge in [-0.2, -0.15) is 0 Å². The van der Waals surface area contributed by atoms with Gasteiger partial charge in [0.05, 0.1) is 10.0 Å². The molecule has 4 nitrogen and oxygen atoms in total. The first kappa shape index (κ1) is 13.1. The van der Waals surface area contributed by atoms with Crippen LogP contribution in [0.1, 0.15) is 18.5 Å². The predicted octanol–water partition coefficient (Wildman–Crippen LogP) is 2.54. The highest BCUT2D eigenvalue weighted by Crippen LogP contribution is 2.41. The molecule has 0 aliphatic carbocycles. The normalized spacial score (nSPS) is 24.6. The molecule has 7 heteroatoms. The minimum Gasteiger partial charge on any atom is -0.224 e. The minimum atomic E-state index is -3.61. The summed E-state index contributed by atoms with van der Waals surface area (Å²) in [5, 5.41) is 1.98. The third kappa shape index (κ3) is 1.77. The van der Waals surface area contributed by atoms with Crippen molar-refractivity contribution in [3.63, 3.8) is 0 Å². The van der Waals surface area contributed by atoms with Crippen LogP contribution in [-0.2, 0) is 10.0 Å². The lowest BCUT2D eigenvalue weighted by molar-refractivity contribution is 0.0638. The zero-order valence-electron chi connectivity index (χ0n) is 9.61. The van der Waals surface area contributed by atoms with Crippen LogP contribution in [0.2, 0.25) is 10.0 Å². The molecule has 0 radical (unpaired) electrons. The lowest BCUT2D eigenvalue weighted by atomic mass is 10.1. The molecule has 1 atom stereocenters. The van der Waals surface area contributed by atoms with Crippen LogP contribution in [0.4, 0.5) is 0 Å². The molecular weight excluding hydrogens is 283 g/mol. The van der Waals surface area contributed by atoms with Gasteiger partial charge in [0.2, 0.25) is 0 Å². The number of hydrazine groups is 1. The smallest absolute Gasteiger partial charge is 0.224 e. The number of rotatable bonds is 0. The number of sulfonamides is 1.